The van der Waals surface area contributed by atoms with E-state index in [2.05, 4.69) is 46.1 Å². The van der Waals surface area contributed by atoms with Crippen LogP contribution in [0.2, 0.25) is 5.02 Å². The highest BCUT2D eigenvalue weighted by atomic mass is 79.9. The summed E-state index contributed by atoms with van der Waals surface area (Å²) in [4.78, 5) is 2.47. The molecule has 0 radical (unpaired) electrons. The van der Waals surface area contributed by atoms with Gasteiger partial charge in [-0.25, -0.2) is 0 Å². The number of hydrogen-bond acceptors (Lipinski definition) is 3. The Kier molecular flexibility index (Phi) is 4.02. The zero-order valence-electron chi connectivity index (χ0n) is 13.7. The Morgan fingerprint density at radius 3 is 2.79 bits per heavy atom. The van der Waals surface area contributed by atoms with Crippen LogP contribution in [0.1, 0.15) is 34.6 Å². The third-order valence-corrected chi connectivity index (χ3v) is 6.72. The molecule has 4 rings (SSSR count). The summed E-state index contributed by atoms with van der Waals surface area (Å²) in [7, 11) is 2.22. The fourth-order valence-corrected chi connectivity index (χ4v) is 5.22. The number of likely N-dealkylation sites (N-methyl/N-ethyl adjacent to an activating group) is 1. The highest BCUT2D eigenvalue weighted by molar-refractivity contribution is 9.10. The normalized spacial score (nSPS) is 23.1. The Hall–Kier alpha value is -1.23. The van der Waals surface area contributed by atoms with Crippen molar-refractivity contribution in [3.05, 3.63) is 56.0 Å². The van der Waals surface area contributed by atoms with Gasteiger partial charge in [0.15, 0.2) is 0 Å². The van der Waals surface area contributed by atoms with E-state index < -0.39 is 0 Å². The Morgan fingerprint density at radius 1 is 1.21 bits per heavy atom. The summed E-state index contributed by atoms with van der Waals surface area (Å²) in [6.45, 7) is 1.01. The topological polar surface area (TPSA) is 55.3 Å². The number of anilines is 2. The van der Waals surface area contributed by atoms with Gasteiger partial charge in [-0.05, 0) is 60.7 Å². The summed E-state index contributed by atoms with van der Waals surface area (Å²) in [6.07, 6.45) is 3.16. The Bertz CT molecular complexity index is 821. The second-order valence-electron chi connectivity index (χ2n) is 6.88. The number of nitrogens with two attached hydrogens (primary N) is 2. The van der Waals surface area contributed by atoms with Crippen molar-refractivity contribution < 1.29 is 0 Å². The molecular formula is C19H21BrClN3. The average molecular weight is 407 g/mol. The summed E-state index contributed by atoms with van der Waals surface area (Å²) in [5.74, 6) is 0.244. The van der Waals surface area contributed by atoms with Gasteiger partial charge in [-0.1, -0.05) is 39.7 Å². The minimum Gasteiger partial charge on any atom is -0.397 e. The van der Waals surface area contributed by atoms with Crippen LogP contribution in [0.3, 0.4) is 0 Å². The lowest BCUT2D eigenvalue weighted by atomic mass is 9.74. The third-order valence-electron chi connectivity index (χ3n) is 5.66. The molecular weight excluding hydrogens is 386 g/mol. The van der Waals surface area contributed by atoms with Gasteiger partial charge in [0, 0.05) is 23.0 Å². The molecule has 1 aliphatic carbocycles. The predicted molar refractivity (Wildman–Crippen MR) is 105 cm³/mol. The van der Waals surface area contributed by atoms with E-state index in [1.165, 1.54) is 26.7 Å². The summed E-state index contributed by atoms with van der Waals surface area (Å²) < 4.78 is 1.19. The number of benzene rings is 2. The van der Waals surface area contributed by atoms with Crippen molar-refractivity contribution in [1.29, 1.82) is 0 Å². The largest absolute Gasteiger partial charge is 0.397 e. The molecule has 1 aliphatic heterocycles. The monoisotopic (exact) mass is 405 g/mol. The second kappa shape index (κ2) is 5.94. The molecule has 0 saturated heterocycles. The maximum atomic E-state index is 6.48. The third kappa shape index (κ3) is 2.35. The maximum absolute atomic E-state index is 6.48. The molecule has 0 saturated carbocycles. The SMILES string of the molecule is CN1CCc2cc(Cl)c(N)c(N)c2[C@H]2c3cccc(Br)c3CC[C@@H]21. The number of nitrogen functional groups attached to an aromatic ring is 2. The van der Waals surface area contributed by atoms with Crippen LogP contribution in [0.5, 0.6) is 0 Å². The van der Waals surface area contributed by atoms with E-state index in [1.807, 2.05) is 6.07 Å². The lowest BCUT2D eigenvalue weighted by Crippen LogP contribution is -2.39. The van der Waals surface area contributed by atoms with Crippen LogP contribution in [0.25, 0.3) is 0 Å². The van der Waals surface area contributed by atoms with Crippen molar-refractivity contribution in [2.75, 3.05) is 25.1 Å². The fraction of sp³-hybridized carbons (Fsp3) is 0.368. The summed E-state index contributed by atoms with van der Waals surface area (Å²) >= 11 is 10.0. The smallest absolute Gasteiger partial charge is 0.0740 e. The van der Waals surface area contributed by atoms with E-state index in [0.717, 1.165) is 25.8 Å². The molecule has 0 bridgehead atoms. The Labute approximate surface area is 156 Å². The number of hydrogen-bond donors (Lipinski definition) is 2. The molecule has 2 aliphatic rings. The van der Waals surface area contributed by atoms with Gasteiger partial charge in [0.1, 0.15) is 0 Å². The molecule has 2 atom stereocenters. The lowest BCUT2D eigenvalue weighted by molar-refractivity contribution is 0.214. The van der Waals surface area contributed by atoms with Gasteiger partial charge in [-0.3, -0.25) is 0 Å². The zero-order valence-corrected chi connectivity index (χ0v) is 16.0. The highest BCUT2D eigenvalue weighted by Crippen LogP contribution is 2.48. The van der Waals surface area contributed by atoms with Crippen LogP contribution < -0.4 is 11.5 Å². The van der Waals surface area contributed by atoms with E-state index >= 15 is 0 Å². The highest BCUT2D eigenvalue weighted by Gasteiger charge is 2.38. The first-order valence-electron chi connectivity index (χ1n) is 8.32. The standard InChI is InChI=1S/C19H21BrClN3/c1-24-8-7-10-9-14(21)18(22)19(23)16(10)17-12-3-2-4-13(20)11(12)5-6-15(17)24/h2-4,9,15,17H,5-8,22-23H2,1H3/t15-,17-/m0/s1. The quantitative estimate of drug-likeness (QED) is 0.645. The van der Waals surface area contributed by atoms with Gasteiger partial charge in [-0.15, -0.1) is 0 Å². The van der Waals surface area contributed by atoms with Crippen LogP contribution >= 0.6 is 27.5 Å². The van der Waals surface area contributed by atoms with Crippen molar-refractivity contribution in [1.82, 2.24) is 4.90 Å². The molecule has 0 amide bonds. The molecule has 0 unspecified atom stereocenters. The molecule has 2 aromatic rings. The second-order valence-corrected chi connectivity index (χ2v) is 8.14. The van der Waals surface area contributed by atoms with Crippen molar-refractivity contribution >= 4 is 38.9 Å². The van der Waals surface area contributed by atoms with E-state index in [9.17, 15) is 0 Å². The molecule has 0 aromatic heterocycles. The van der Waals surface area contributed by atoms with E-state index in [4.69, 9.17) is 23.1 Å². The first kappa shape index (κ1) is 16.2. The number of nitrogens with zero attached hydrogens (tertiary/aromatic N) is 1. The molecule has 5 heteroatoms. The Balaban J connectivity index is 2.01. The first-order valence-corrected chi connectivity index (χ1v) is 9.50. The van der Waals surface area contributed by atoms with Gasteiger partial charge >= 0.3 is 0 Å². The van der Waals surface area contributed by atoms with Crippen LogP contribution in [-0.2, 0) is 12.8 Å². The molecule has 2 aromatic carbocycles. The Morgan fingerprint density at radius 2 is 2.00 bits per heavy atom. The molecule has 3 nitrogen and oxygen atoms in total. The van der Waals surface area contributed by atoms with Crippen LogP contribution in [-0.4, -0.2) is 24.5 Å². The van der Waals surface area contributed by atoms with E-state index in [-0.39, 0.29) is 5.92 Å². The van der Waals surface area contributed by atoms with Crippen molar-refractivity contribution in [2.24, 2.45) is 0 Å². The van der Waals surface area contributed by atoms with E-state index in [1.54, 1.807) is 0 Å². The molecule has 1 heterocycles. The lowest BCUT2D eigenvalue weighted by Gasteiger charge is -2.39. The average Bonchev–Trinajstić information content (AvgIpc) is 2.71. The van der Waals surface area contributed by atoms with Crippen molar-refractivity contribution in [3.8, 4) is 0 Å². The number of fused-ring (bicyclic) bond motifs is 5. The summed E-state index contributed by atoms with van der Waals surface area (Å²) in [5.41, 5.74) is 19.0. The van der Waals surface area contributed by atoms with Crippen LogP contribution in [0.4, 0.5) is 11.4 Å². The molecule has 0 fully saturated rings. The van der Waals surface area contributed by atoms with Gasteiger partial charge in [0.2, 0.25) is 0 Å². The van der Waals surface area contributed by atoms with Crippen molar-refractivity contribution in [3.63, 3.8) is 0 Å². The van der Waals surface area contributed by atoms with Gasteiger partial charge in [0.05, 0.1) is 16.4 Å². The van der Waals surface area contributed by atoms with Gasteiger partial charge < -0.3 is 16.4 Å². The fourth-order valence-electron chi connectivity index (χ4n) is 4.41. The zero-order chi connectivity index (χ0) is 17.0. The minimum atomic E-state index is 0.244. The van der Waals surface area contributed by atoms with Crippen LogP contribution in [0, 0.1) is 0 Å². The molecule has 126 valence electrons. The van der Waals surface area contributed by atoms with E-state index in [0.29, 0.717) is 22.4 Å². The van der Waals surface area contributed by atoms with Gasteiger partial charge in [0.25, 0.3) is 0 Å². The number of rotatable bonds is 0. The molecule has 24 heavy (non-hydrogen) atoms. The molecule has 0 spiro atoms. The molecule has 4 N–H and O–H groups in total. The summed E-state index contributed by atoms with van der Waals surface area (Å²) in [5, 5.41) is 0.567. The van der Waals surface area contributed by atoms with Gasteiger partial charge in [-0.2, -0.15) is 0 Å². The first-order chi connectivity index (χ1) is 11.5. The predicted octanol–water partition coefficient (Wildman–Crippen LogP) is 4.20. The number of halogens is 2. The minimum absolute atomic E-state index is 0.244. The van der Waals surface area contributed by atoms with Crippen molar-refractivity contribution in [2.45, 2.75) is 31.2 Å². The van der Waals surface area contributed by atoms with Crippen LogP contribution in [0.15, 0.2) is 28.7 Å². The maximum Gasteiger partial charge on any atom is 0.0740 e. The summed E-state index contributed by atoms with van der Waals surface area (Å²) in [6, 6.07) is 8.94.